The average molecular weight is 210 g/mol. The molecule has 0 aliphatic rings. The third kappa shape index (κ3) is 2.33. The van der Waals surface area contributed by atoms with E-state index in [1.54, 1.807) is 0 Å². The molecule has 0 radical (unpaired) electrons. The van der Waals surface area contributed by atoms with Gasteiger partial charge in [-0.3, -0.25) is 0 Å². The third-order valence-electron chi connectivity index (χ3n) is 3.08. The summed E-state index contributed by atoms with van der Waals surface area (Å²) in [7, 11) is 0. The molecular formula is C16H18. The first-order valence-electron chi connectivity index (χ1n) is 5.84. The minimum absolute atomic E-state index is 0.617. The number of allylic oxidation sites excluding steroid dienone is 1. The molecule has 0 N–H and O–H groups in total. The Morgan fingerprint density at radius 1 is 1.00 bits per heavy atom. The van der Waals surface area contributed by atoms with Crippen LogP contribution < -0.4 is 0 Å². The molecule has 0 amide bonds. The first-order valence-corrected chi connectivity index (χ1v) is 5.84. The largest absolute Gasteiger partial charge is 0.0702 e. The molecule has 0 aromatic heterocycles. The molecule has 0 heteroatoms. The van der Waals surface area contributed by atoms with Crippen LogP contribution >= 0.6 is 0 Å². The Kier molecular flexibility index (Phi) is 3.09. The first kappa shape index (κ1) is 10.9. The highest BCUT2D eigenvalue weighted by atomic mass is 14.0. The lowest BCUT2D eigenvalue weighted by molar-refractivity contribution is 0.776. The highest BCUT2D eigenvalue weighted by Crippen LogP contribution is 2.19. The van der Waals surface area contributed by atoms with Crippen LogP contribution in [0.1, 0.15) is 26.3 Å². The van der Waals surface area contributed by atoms with Gasteiger partial charge in [-0.15, -0.1) is 0 Å². The second-order valence-corrected chi connectivity index (χ2v) is 4.65. The Balaban J connectivity index is 2.44. The van der Waals surface area contributed by atoms with Crippen molar-refractivity contribution in [1.82, 2.24) is 0 Å². The molecule has 2 rings (SSSR count). The van der Waals surface area contributed by atoms with E-state index in [0.29, 0.717) is 5.92 Å². The van der Waals surface area contributed by atoms with Crippen LogP contribution in [0.2, 0.25) is 0 Å². The maximum atomic E-state index is 2.27. The zero-order chi connectivity index (χ0) is 11.5. The van der Waals surface area contributed by atoms with E-state index in [9.17, 15) is 0 Å². The van der Waals surface area contributed by atoms with E-state index in [0.717, 1.165) is 0 Å². The van der Waals surface area contributed by atoms with Crippen LogP contribution in [0.25, 0.3) is 16.8 Å². The van der Waals surface area contributed by atoms with Crippen LogP contribution in [-0.4, -0.2) is 0 Å². The van der Waals surface area contributed by atoms with E-state index in [4.69, 9.17) is 0 Å². The molecule has 0 heterocycles. The van der Waals surface area contributed by atoms with Crippen molar-refractivity contribution >= 4 is 16.8 Å². The number of rotatable bonds is 2. The third-order valence-corrected chi connectivity index (χ3v) is 3.08. The van der Waals surface area contributed by atoms with Crippen molar-refractivity contribution in [3.8, 4) is 0 Å². The van der Waals surface area contributed by atoms with Crippen molar-refractivity contribution in [1.29, 1.82) is 0 Å². The molecule has 2 aromatic rings. The molecule has 2 aromatic carbocycles. The second kappa shape index (κ2) is 4.52. The van der Waals surface area contributed by atoms with Crippen LogP contribution in [0, 0.1) is 5.92 Å². The Bertz CT molecular complexity index is 518. The molecule has 0 bridgehead atoms. The van der Waals surface area contributed by atoms with Crippen LogP contribution in [0.3, 0.4) is 0 Å². The molecule has 16 heavy (non-hydrogen) atoms. The Labute approximate surface area is 97.6 Å². The highest BCUT2D eigenvalue weighted by Gasteiger charge is 1.98. The fourth-order valence-electron chi connectivity index (χ4n) is 1.73. The van der Waals surface area contributed by atoms with E-state index in [1.165, 1.54) is 21.9 Å². The highest BCUT2D eigenvalue weighted by molar-refractivity contribution is 5.84. The van der Waals surface area contributed by atoms with Crippen molar-refractivity contribution in [2.75, 3.05) is 0 Å². The van der Waals surface area contributed by atoms with Crippen LogP contribution in [-0.2, 0) is 0 Å². The van der Waals surface area contributed by atoms with E-state index >= 15 is 0 Å². The predicted molar refractivity (Wildman–Crippen MR) is 72.4 cm³/mol. The topological polar surface area (TPSA) is 0 Å². The van der Waals surface area contributed by atoms with Gasteiger partial charge in [-0.25, -0.2) is 0 Å². The summed E-state index contributed by atoms with van der Waals surface area (Å²) in [6.07, 6.45) is 2.27. The fraction of sp³-hybridized carbons (Fsp3) is 0.250. The number of hydrogen-bond donors (Lipinski definition) is 0. The summed E-state index contributed by atoms with van der Waals surface area (Å²) in [6, 6.07) is 15.1. The normalized spacial score (nSPS) is 12.4. The lowest BCUT2D eigenvalue weighted by atomic mass is 10.0. The number of hydrogen-bond acceptors (Lipinski definition) is 0. The van der Waals surface area contributed by atoms with Crippen LogP contribution in [0.4, 0.5) is 0 Å². The fourth-order valence-corrected chi connectivity index (χ4v) is 1.73. The van der Waals surface area contributed by atoms with E-state index in [1.807, 2.05) is 0 Å². The predicted octanol–water partition coefficient (Wildman–Crippen LogP) is 4.90. The minimum atomic E-state index is 0.617. The summed E-state index contributed by atoms with van der Waals surface area (Å²) in [5, 5.41) is 2.62. The molecule has 0 spiro atoms. The van der Waals surface area contributed by atoms with Gasteiger partial charge in [0.2, 0.25) is 0 Å². The molecule has 0 unspecified atom stereocenters. The van der Waals surface area contributed by atoms with Gasteiger partial charge in [0.15, 0.2) is 0 Å². The van der Waals surface area contributed by atoms with Gasteiger partial charge in [0.05, 0.1) is 0 Å². The van der Waals surface area contributed by atoms with Crippen molar-refractivity contribution in [3.05, 3.63) is 53.6 Å². The van der Waals surface area contributed by atoms with Crippen LogP contribution in [0.5, 0.6) is 0 Å². The van der Waals surface area contributed by atoms with Crippen molar-refractivity contribution in [2.24, 2.45) is 5.92 Å². The Hall–Kier alpha value is -1.56. The number of benzene rings is 2. The van der Waals surface area contributed by atoms with Gasteiger partial charge in [0.25, 0.3) is 0 Å². The molecule has 0 nitrogen and oxygen atoms in total. The first-order chi connectivity index (χ1) is 7.66. The molecule has 0 saturated heterocycles. The summed E-state index contributed by atoms with van der Waals surface area (Å²) < 4.78 is 0. The number of fused-ring (bicyclic) bond motifs is 1. The van der Waals surface area contributed by atoms with Gasteiger partial charge in [0.1, 0.15) is 0 Å². The maximum Gasteiger partial charge on any atom is -0.0178 e. The molecule has 0 aliphatic heterocycles. The summed E-state index contributed by atoms with van der Waals surface area (Å²) in [5.41, 5.74) is 2.72. The van der Waals surface area contributed by atoms with Crippen molar-refractivity contribution in [3.63, 3.8) is 0 Å². The molecular weight excluding hydrogens is 192 g/mol. The van der Waals surface area contributed by atoms with Gasteiger partial charge in [0, 0.05) is 0 Å². The summed E-state index contributed by atoms with van der Waals surface area (Å²) in [5.74, 6) is 0.617. The molecule has 0 atom stereocenters. The Morgan fingerprint density at radius 3 is 2.38 bits per heavy atom. The quantitative estimate of drug-likeness (QED) is 0.661. The monoisotopic (exact) mass is 210 g/mol. The zero-order valence-corrected chi connectivity index (χ0v) is 10.2. The van der Waals surface area contributed by atoms with Crippen molar-refractivity contribution < 1.29 is 0 Å². The minimum Gasteiger partial charge on any atom is -0.0702 e. The summed E-state index contributed by atoms with van der Waals surface area (Å²) in [4.78, 5) is 0. The lowest BCUT2D eigenvalue weighted by Crippen LogP contribution is -1.88. The Morgan fingerprint density at radius 2 is 1.69 bits per heavy atom. The van der Waals surface area contributed by atoms with E-state index in [2.05, 4.69) is 69.3 Å². The second-order valence-electron chi connectivity index (χ2n) is 4.65. The van der Waals surface area contributed by atoms with Crippen molar-refractivity contribution in [2.45, 2.75) is 20.8 Å². The van der Waals surface area contributed by atoms with Gasteiger partial charge < -0.3 is 0 Å². The van der Waals surface area contributed by atoms with Gasteiger partial charge in [-0.1, -0.05) is 61.9 Å². The smallest absolute Gasteiger partial charge is 0.0178 e. The summed E-state index contributed by atoms with van der Waals surface area (Å²) in [6.45, 7) is 6.65. The van der Waals surface area contributed by atoms with E-state index in [-0.39, 0.29) is 0 Å². The zero-order valence-electron chi connectivity index (χ0n) is 10.2. The molecule has 82 valence electrons. The average Bonchev–Trinajstić information content (AvgIpc) is 2.28. The van der Waals surface area contributed by atoms with Gasteiger partial charge in [-0.2, -0.15) is 0 Å². The maximum absolute atomic E-state index is 2.27. The van der Waals surface area contributed by atoms with Crippen LogP contribution in [0.15, 0.2) is 48.0 Å². The SMILES string of the molecule is C/C(=C\c1ccc2ccccc2c1)C(C)C. The lowest BCUT2D eigenvalue weighted by Gasteiger charge is -2.05. The summed E-state index contributed by atoms with van der Waals surface area (Å²) >= 11 is 0. The molecule has 0 aliphatic carbocycles. The van der Waals surface area contributed by atoms with Gasteiger partial charge in [-0.05, 0) is 35.2 Å². The molecule has 0 saturated carbocycles. The molecule has 0 fully saturated rings. The standard InChI is InChI=1S/C16H18/c1-12(2)13(3)10-14-8-9-15-6-4-5-7-16(15)11-14/h4-12H,1-3H3/b13-10+. The van der Waals surface area contributed by atoms with Gasteiger partial charge >= 0.3 is 0 Å². The van der Waals surface area contributed by atoms with E-state index < -0.39 is 0 Å².